The van der Waals surface area contributed by atoms with E-state index < -0.39 is 11.7 Å². The molecular formula is C22H20FN3O3. The molecule has 0 saturated heterocycles. The molecule has 6 nitrogen and oxygen atoms in total. The molecule has 3 aromatic rings. The SMILES string of the molecule is Cc1cnc(Oc2cccc(F)c2)c(C(=O)N[C@@H](C)c2ccc(C(N)=O)cc2)c1. The quantitative estimate of drug-likeness (QED) is 0.664. The van der Waals surface area contributed by atoms with Gasteiger partial charge in [0.05, 0.1) is 6.04 Å². The highest BCUT2D eigenvalue weighted by molar-refractivity contribution is 5.97. The smallest absolute Gasteiger partial charge is 0.257 e. The summed E-state index contributed by atoms with van der Waals surface area (Å²) in [5.41, 5.74) is 7.45. The number of rotatable bonds is 6. The van der Waals surface area contributed by atoms with Crippen molar-refractivity contribution >= 4 is 11.8 Å². The Balaban J connectivity index is 1.80. The molecule has 29 heavy (non-hydrogen) atoms. The number of nitrogens with zero attached hydrogens (tertiary/aromatic N) is 1. The first-order valence-corrected chi connectivity index (χ1v) is 8.94. The third kappa shape index (κ3) is 4.95. The van der Waals surface area contributed by atoms with Crippen LogP contribution in [0.25, 0.3) is 0 Å². The summed E-state index contributed by atoms with van der Waals surface area (Å²) in [7, 11) is 0. The van der Waals surface area contributed by atoms with Gasteiger partial charge in [0.2, 0.25) is 11.8 Å². The predicted molar refractivity (Wildman–Crippen MR) is 106 cm³/mol. The highest BCUT2D eigenvalue weighted by Crippen LogP contribution is 2.25. The average molecular weight is 393 g/mol. The summed E-state index contributed by atoms with van der Waals surface area (Å²) >= 11 is 0. The normalized spacial score (nSPS) is 11.6. The molecule has 7 heteroatoms. The molecule has 1 atom stereocenters. The second-order valence-corrected chi connectivity index (χ2v) is 6.61. The van der Waals surface area contributed by atoms with E-state index >= 15 is 0 Å². The van der Waals surface area contributed by atoms with Gasteiger partial charge < -0.3 is 15.8 Å². The Hall–Kier alpha value is -3.74. The monoisotopic (exact) mass is 393 g/mol. The first-order valence-electron chi connectivity index (χ1n) is 8.94. The highest BCUT2D eigenvalue weighted by Gasteiger charge is 2.18. The van der Waals surface area contributed by atoms with Crippen molar-refractivity contribution < 1.29 is 18.7 Å². The van der Waals surface area contributed by atoms with Crippen molar-refractivity contribution in [3.8, 4) is 11.6 Å². The number of nitrogens with one attached hydrogen (secondary N) is 1. The number of nitrogens with two attached hydrogens (primary N) is 1. The Morgan fingerprint density at radius 3 is 2.52 bits per heavy atom. The fourth-order valence-corrected chi connectivity index (χ4v) is 2.74. The van der Waals surface area contributed by atoms with Gasteiger partial charge in [-0.15, -0.1) is 0 Å². The lowest BCUT2D eigenvalue weighted by molar-refractivity contribution is 0.0935. The molecule has 0 saturated carbocycles. The lowest BCUT2D eigenvalue weighted by Crippen LogP contribution is -2.27. The number of amides is 2. The fourth-order valence-electron chi connectivity index (χ4n) is 2.74. The number of carbonyl (C=O) groups excluding carboxylic acids is 2. The van der Waals surface area contributed by atoms with Gasteiger partial charge in [-0.3, -0.25) is 9.59 Å². The first kappa shape index (κ1) is 20.0. The molecule has 2 amide bonds. The van der Waals surface area contributed by atoms with E-state index in [1.54, 1.807) is 42.6 Å². The van der Waals surface area contributed by atoms with Crippen LogP contribution in [-0.4, -0.2) is 16.8 Å². The van der Waals surface area contributed by atoms with Crippen molar-refractivity contribution in [1.82, 2.24) is 10.3 Å². The van der Waals surface area contributed by atoms with Crippen molar-refractivity contribution in [2.45, 2.75) is 19.9 Å². The maximum atomic E-state index is 13.4. The Morgan fingerprint density at radius 2 is 1.86 bits per heavy atom. The number of hydrogen-bond donors (Lipinski definition) is 2. The Kier molecular flexibility index (Phi) is 5.87. The van der Waals surface area contributed by atoms with Crippen LogP contribution >= 0.6 is 0 Å². The predicted octanol–water partition coefficient (Wildman–Crippen LogP) is 3.91. The molecular weight excluding hydrogens is 373 g/mol. The van der Waals surface area contributed by atoms with Gasteiger partial charge >= 0.3 is 0 Å². The summed E-state index contributed by atoms with van der Waals surface area (Å²) in [6.45, 7) is 3.62. The van der Waals surface area contributed by atoms with E-state index in [-0.39, 0.29) is 29.1 Å². The summed E-state index contributed by atoms with van der Waals surface area (Å²) in [4.78, 5) is 28.2. The number of benzene rings is 2. The molecule has 2 aromatic carbocycles. The molecule has 0 aliphatic rings. The van der Waals surface area contributed by atoms with Crippen LogP contribution in [0, 0.1) is 12.7 Å². The molecule has 0 spiro atoms. The maximum absolute atomic E-state index is 13.4. The largest absolute Gasteiger partial charge is 0.438 e. The van der Waals surface area contributed by atoms with Crippen LogP contribution in [0.15, 0.2) is 60.8 Å². The number of aromatic nitrogens is 1. The van der Waals surface area contributed by atoms with Gasteiger partial charge in [0.1, 0.15) is 17.1 Å². The molecule has 0 aliphatic heterocycles. The molecule has 3 N–H and O–H groups in total. The zero-order valence-electron chi connectivity index (χ0n) is 16.0. The van der Waals surface area contributed by atoms with Crippen LogP contribution in [0.3, 0.4) is 0 Å². The number of primary amides is 1. The number of aryl methyl sites for hydroxylation is 1. The molecule has 0 radical (unpaired) electrons. The number of carbonyl (C=O) groups is 2. The Bertz CT molecular complexity index is 1050. The molecule has 3 rings (SSSR count). The van der Waals surface area contributed by atoms with Crippen LogP contribution in [-0.2, 0) is 0 Å². The zero-order valence-corrected chi connectivity index (χ0v) is 16.0. The van der Waals surface area contributed by atoms with Gasteiger partial charge in [0.25, 0.3) is 5.91 Å². The number of hydrogen-bond acceptors (Lipinski definition) is 4. The molecule has 1 aromatic heterocycles. The topological polar surface area (TPSA) is 94.3 Å². The van der Waals surface area contributed by atoms with Crippen LogP contribution in [0.4, 0.5) is 4.39 Å². The summed E-state index contributed by atoms with van der Waals surface area (Å²) < 4.78 is 19.1. The number of pyridine rings is 1. The van der Waals surface area contributed by atoms with E-state index in [4.69, 9.17) is 10.5 Å². The van der Waals surface area contributed by atoms with Crippen LogP contribution in [0.2, 0.25) is 0 Å². The summed E-state index contributed by atoms with van der Waals surface area (Å²) in [5, 5.41) is 2.88. The second kappa shape index (κ2) is 8.52. The first-order chi connectivity index (χ1) is 13.8. The standard InChI is InChI=1S/C22H20FN3O3/c1-13-10-19(22(25-12-13)29-18-5-3-4-17(23)11-18)21(28)26-14(2)15-6-8-16(9-7-15)20(24)27/h3-12,14H,1-2H3,(H2,24,27)(H,26,28)/t14-/m0/s1. The van der Waals surface area contributed by atoms with Crippen LogP contribution in [0.1, 0.15) is 44.8 Å². The highest BCUT2D eigenvalue weighted by atomic mass is 19.1. The lowest BCUT2D eigenvalue weighted by Gasteiger charge is -2.16. The maximum Gasteiger partial charge on any atom is 0.257 e. The van der Waals surface area contributed by atoms with E-state index in [1.807, 2.05) is 13.8 Å². The summed E-state index contributed by atoms with van der Waals surface area (Å²) in [5.74, 6) is -1.04. The zero-order chi connectivity index (χ0) is 21.0. The van der Waals surface area contributed by atoms with E-state index in [0.29, 0.717) is 5.56 Å². The van der Waals surface area contributed by atoms with E-state index in [0.717, 1.165) is 11.1 Å². The van der Waals surface area contributed by atoms with Crippen LogP contribution in [0.5, 0.6) is 11.6 Å². The Morgan fingerprint density at radius 1 is 1.14 bits per heavy atom. The molecule has 0 bridgehead atoms. The molecule has 0 aliphatic carbocycles. The van der Waals surface area contributed by atoms with Crippen molar-refractivity contribution in [3.63, 3.8) is 0 Å². The van der Waals surface area contributed by atoms with Gasteiger partial charge in [-0.1, -0.05) is 18.2 Å². The molecule has 148 valence electrons. The summed E-state index contributed by atoms with van der Waals surface area (Å²) in [6, 6.07) is 13.6. The van der Waals surface area contributed by atoms with Gasteiger partial charge in [0, 0.05) is 17.8 Å². The van der Waals surface area contributed by atoms with Gasteiger partial charge in [-0.25, -0.2) is 9.37 Å². The van der Waals surface area contributed by atoms with Gasteiger partial charge in [0.15, 0.2) is 0 Å². The Labute approximate surface area is 167 Å². The fraction of sp³-hybridized carbons (Fsp3) is 0.136. The summed E-state index contributed by atoms with van der Waals surface area (Å²) in [6.07, 6.45) is 1.57. The van der Waals surface area contributed by atoms with Crippen molar-refractivity contribution in [1.29, 1.82) is 0 Å². The molecule has 1 heterocycles. The number of halogens is 1. The van der Waals surface area contributed by atoms with Gasteiger partial charge in [-0.2, -0.15) is 0 Å². The molecule has 0 unspecified atom stereocenters. The third-order valence-electron chi connectivity index (χ3n) is 4.29. The van der Waals surface area contributed by atoms with Gasteiger partial charge in [-0.05, 0) is 55.3 Å². The van der Waals surface area contributed by atoms with Crippen molar-refractivity contribution in [3.05, 3.63) is 88.9 Å². The minimum atomic E-state index is -0.516. The van der Waals surface area contributed by atoms with Crippen molar-refractivity contribution in [2.75, 3.05) is 0 Å². The van der Waals surface area contributed by atoms with E-state index in [9.17, 15) is 14.0 Å². The van der Waals surface area contributed by atoms with E-state index in [2.05, 4.69) is 10.3 Å². The number of ether oxygens (including phenoxy) is 1. The average Bonchev–Trinajstić information content (AvgIpc) is 2.69. The molecule has 0 fully saturated rings. The minimum Gasteiger partial charge on any atom is -0.438 e. The van der Waals surface area contributed by atoms with Crippen LogP contribution < -0.4 is 15.8 Å². The third-order valence-corrected chi connectivity index (χ3v) is 4.29. The van der Waals surface area contributed by atoms with E-state index in [1.165, 1.54) is 18.2 Å². The lowest BCUT2D eigenvalue weighted by atomic mass is 10.1. The minimum absolute atomic E-state index is 0.0787. The van der Waals surface area contributed by atoms with Crippen molar-refractivity contribution in [2.24, 2.45) is 5.73 Å². The second-order valence-electron chi connectivity index (χ2n) is 6.61.